The third-order valence-electron chi connectivity index (χ3n) is 4.62. The molecule has 2 aromatic rings. The highest BCUT2D eigenvalue weighted by atomic mass is 16.5. The molecule has 1 aromatic carbocycles. The first-order chi connectivity index (χ1) is 11.3. The molecule has 2 heterocycles. The highest BCUT2D eigenvalue weighted by Crippen LogP contribution is 2.22. The van der Waals surface area contributed by atoms with Gasteiger partial charge in [-0.2, -0.15) is 5.10 Å². The molecule has 3 rings (SSSR count). The van der Waals surface area contributed by atoms with Crippen LogP contribution in [0.4, 0.5) is 5.69 Å². The fraction of sp³-hybridized carbons (Fsp3) is 0.500. The van der Waals surface area contributed by atoms with E-state index in [9.17, 15) is 0 Å². The number of ether oxygens (including phenoxy) is 1. The molecule has 1 fully saturated rings. The van der Waals surface area contributed by atoms with Crippen molar-refractivity contribution in [2.75, 3.05) is 31.2 Å². The van der Waals surface area contributed by atoms with E-state index in [0.29, 0.717) is 12.1 Å². The third-order valence-corrected chi connectivity index (χ3v) is 4.62. The van der Waals surface area contributed by atoms with Gasteiger partial charge < -0.3 is 15.0 Å². The standard InChI is InChI=1S/C18H26N4O/c1-15(16(2)22-9-5-8-20-22)19-14-17-6-3-4-7-18(17)21-10-12-23-13-11-21/h3-9,15-16,19H,10-14H2,1-2H3/t15-,16-/m1/s1. The molecule has 1 aliphatic rings. The lowest BCUT2D eigenvalue weighted by Crippen LogP contribution is -2.38. The van der Waals surface area contributed by atoms with E-state index in [2.05, 4.69) is 53.4 Å². The van der Waals surface area contributed by atoms with E-state index in [-0.39, 0.29) is 0 Å². The minimum absolute atomic E-state index is 0.320. The molecule has 1 saturated heterocycles. The van der Waals surface area contributed by atoms with E-state index in [1.54, 1.807) is 0 Å². The summed E-state index contributed by atoms with van der Waals surface area (Å²) in [7, 11) is 0. The average Bonchev–Trinajstić information content (AvgIpc) is 3.14. The first-order valence-electron chi connectivity index (χ1n) is 8.39. The number of rotatable bonds is 6. The molecule has 23 heavy (non-hydrogen) atoms. The molecular formula is C18H26N4O. The number of nitrogens with one attached hydrogen (secondary N) is 1. The molecule has 0 radical (unpaired) electrons. The molecule has 124 valence electrons. The van der Waals surface area contributed by atoms with E-state index < -0.39 is 0 Å². The van der Waals surface area contributed by atoms with Crippen LogP contribution in [-0.4, -0.2) is 42.1 Å². The minimum atomic E-state index is 0.320. The smallest absolute Gasteiger partial charge is 0.0642 e. The van der Waals surface area contributed by atoms with Crippen molar-refractivity contribution in [1.82, 2.24) is 15.1 Å². The predicted octanol–water partition coefficient (Wildman–Crippen LogP) is 2.46. The first-order valence-corrected chi connectivity index (χ1v) is 8.39. The topological polar surface area (TPSA) is 42.3 Å². The Balaban J connectivity index is 1.63. The van der Waals surface area contributed by atoms with Crippen LogP contribution < -0.4 is 10.2 Å². The van der Waals surface area contributed by atoms with Crippen molar-refractivity contribution in [3.05, 3.63) is 48.3 Å². The van der Waals surface area contributed by atoms with E-state index in [1.165, 1.54) is 11.3 Å². The van der Waals surface area contributed by atoms with E-state index >= 15 is 0 Å². The normalized spacial score (nSPS) is 17.9. The zero-order chi connectivity index (χ0) is 16.1. The van der Waals surface area contributed by atoms with E-state index in [4.69, 9.17) is 4.74 Å². The number of nitrogens with zero attached hydrogens (tertiary/aromatic N) is 3. The van der Waals surface area contributed by atoms with Crippen molar-refractivity contribution in [1.29, 1.82) is 0 Å². The Morgan fingerprint density at radius 3 is 2.70 bits per heavy atom. The van der Waals surface area contributed by atoms with Crippen molar-refractivity contribution >= 4 is 5.69 Å². The largest absolute Gasteiger partial charge is 0.378 e. The van der Waals surface area contributed by atoms with Crippen LogP contribution in [0.25, 0.3) is 0 Å². The second-order valence-corrected chi connectivity index (χ2v) is 6.12. The fourth-order valence-corrected chi connectivity index (χ4v) is 2.97. The minimum Gasteiger partial charge on any atom is -0.378 e. The number of anilines is 1. The van der Waals surface area contributed by atoms with Gasteiger partial charge in [0.2, 0.25) is 0 Å². The number of morpholine rings is 1. The number of aromatic nitrogens is 2. The van der Waals surface area contributed by atoms with Gasteiger partial charge in [0.15, 0.2) is 0 Å². The Morgan fingerprint density at radius 1 is 1.17 bits per heavy atom. The maximum atomic E-state index is 5.47. The van der Waals surface area contributed by atoms with Gasteiger partial charge in [-0.15, -0.1) is 0 Å². The molecule has 0 amide bonds. The molecule has 5 nitrogen and oxygen atoms in total. The number of para-hydroxylation sites is 1. The highest BCUT2D eigenvalue weighted by Gasteiger charge is 2.17. The SMILES string of the molecule is C[C@H]([C@@H](C)NCc1ccccc1N1CCOCC1)n1cccn1. The molecule has 0 unspecified atom stereocenters. The lowest BCUT2D eigenvalue weighted by atomic mass is 10.1. The summed E-state index contributed by atoms with van der Waals surface area (Å²) in [6, 6.07) is 11.3. The van der Waals surface area contributed by atoms with Gasteiger partial charge in [-0.05, 0) is 31.5 Å². The molecule has 0 bridgehead atoms. The highest BCUT2D eigenvalue weighted by molar-refractivity contribution is 5.53. The van der Waals surface area contributed by atoms with Gasteiger partial charge in [0.1, 0.15) is 0 Å². The summed E-state index contributed by atoms with van der Waals surface area (Å²) in [5.41, 5.74) is 2.66. The molecule has 2 atom stereocenters. The van der Waals surface area contributed by atoms with Crippen LogP contribution in [0.5, 0.6) is 0 Å². The van der Waals surface area contributed by atoms with Gasteiger partial charge in [0.25, 0.3) is 0 Å². The zero-order valence-electron chi connectivity index (χ0n) is 14.0. The van der Waals surface area contributed by atoms with Crippen molar-refractivity contribution in [2.24, 2.45) is 0 Å². The van der Waals surface area contributed by atoms with Crippen LogP contribution in [0.2, 0.25) is 0 Å². The van der Waals surface area contributed by atoms with Crippen molar-refractivity contribution < 1.29 is 4.74 Å². The summed E-state index contributed by atoms with van der Waals surface area (Å²) < 4.78 is 7.47. The molecule has 5 heteroatoms. The summed E-state index contributed by atoms with van der Waals surface area (Å²) in [5, 5.41) is 7.99. The maximum absolute atomic E-state index is 5.47. The summed E-state index contributed by atoms with van der Waals surface area (Å²) in [6.07, 6.45) is 3.85. The number of hydrogen-bond acceptors (Lipinski definition) is 4. The lowest BCUT2D eigenvalue weighted by Gasteiger charge is -2.31. The Morgan fingerprint density at radius 2 is 1.96 bits per heavy atom. The summed E-state index contributed by atoms with van der Waals surface area (Å²) >= 11 is 0. The number of benzene rings is 1. The van der Waals surface area contributed by atoms with E-state index in [0.717, 1.165) is 32.8 Å². The molecule has 1 aliphatic heterocycles. The maximum Gasteiger partial charge on any atom is 0.0642 e. The Hall–Kier alpha value is -1.85. The Bertz CT molecular complexity index is 593. The van der Waals surface area contributed by atoms with Crippen molar-refractivity contribution in [3.63, 3.8) is 0 Å². The quantitative estimate of drug-likeness (QED) is 0.889. The van der Waals surface area contributed by atoms with Crippen LogP contribution in [-0.2, 0) is 11.3 Å². The van der Waals surface area contributed by atoms with Gasteiger partial charge in [-0.1, -0.05) is 18.2 Å². The van der Waals surface area contributed by atoms with Crippen LogP contribution in [0, 0.1) is 0 Å². The molecule has 0 saturated carbocycles. The molecule has 0 aliphatic carbocycles. The first kappa shape index (κ1) is 16.0. The second kappa shape index (κ2) is 7.62. The van der Waals surface area contributed by atoms with Crippen molar-refractivity contribution in [3.8, 4) is 0 Å². The van der Waals surface area contributed by atoms with Crippen LogP contribution in [0.1, 0.15) is 25.5 Å². The molecule has 1 aromatic heterocycles. The van der Waals surface area contributed by atoms with Crippen LogP contribution >= 0.6 is 0 Å². The predicted molar refractivity (Wildman–Crippen MR) is 92.7 cm³/mol. The van der Waals surface area contributed by atoms with Gasteiger partial charge in [0, 0.05) is 43.8 Å². The second-order valence-electron chi connectivity index (χ2n) is 6.12. The van der Waals surface area contributed by atoms with E-state index in [1.807, 2.05) is 23.1 Å². The third kappa shape index (κ3) is 3.92. The van der Waals surface area contributed by atoms with Crippen LogP contribution in [0.3, 0.4) is 0 Å². The van der Waals surface area contributed by atoms with Gasteiger partial charge in [-0.3, -0.25) is 4.68 Å². The fourth-order valence-electron chi connectivity index (χ4n) is 2.97. The summed E-state index contributed by atoms with van der Waals surface area (Å²) in [6.45, 7) is 8.83. The summed E-state index contributed by atoms with van der Waals surface area (Å²) in [5.74, 6) is 0. The Labute approximate surface area is 138 Å². The molecule has 1 N–H and O–H groups in total. The average molecular weight is 314 g/mol. The monoisotopic (exact) mass is 314 g/mol. The number of hydrogen-bond donors (Lipinski definition) is 1. The van der Waals surface area contributed by atoms with Gasteiger partial charge >= 0.3 is 0 Å². The molecule has 0 spiro atoms. The Kier molecular flexibility index (Phi) is 5.31. The van der Waals surface area contributed by atoms with Gasteiger partial charge in [0.05, 0.1) is 19.3 Å². The zero-order valence-corrected chi connectivity index (χ0v) is 14.0. The van der Waals surface area contributed by atoms with Crippen LogP contribution in [0.15, 0.2) is 42.7 Å². The van der Waals surface area contributed by atoms with Gasteiger partial charge in [-0.25, -0.2) is 0 Å². The lowest BCUT2D eigenvalue weighted by molar-refractivity contribution is 0.122. The molecular weight excluding hydrogens is 288 g/mol. The van der Waals surface area contributed by atoms with Crippen molar-refractivity contribution in [2.45, 2.75) is 32.5 Å². The summed E-state index contributed by atoms with van der Waals surface area (Å²) in [4.78, 5) is 2.42.